The highest BCUT2D eigenvalue weighted by Gasteiger charge is 2.14. The van der Waals surface area contributed by atoms with Crippen LogP contribution < -0.4 is 15.5 Å². The maximum atomic E-state index is 4.56. The highest BCUT2D eigenvalue weighted by molar-refractivity contribution is 5.86. The summed E-state index contributed by atoms with van der Waals surface area (Å²) in [6.45, 7) is 13.9. The van der Waals surface area contributed by atoms with E-state index in [9.17, 15) is 0 Å². The summed E-state index contributed by atoms with van der Waals surface area (Å²) in [5.41, 5.74) is 8.13. The molecule has 3 rings (SSSR count). The van der Waals surface area contributed by atoms with Crippen LogP contribution in [0.3, 0.4) is 0 Å². The summed E-state index contributed by atoms with van der Waals surface area (Å²) >= 11 is 0. The molecule has 1 fully saturated rings. The Bertz CT molecular complexity index is 1120. The number of pyridine rings is 1. The van der Waals surface area contributed by atoms with E-state index in [4.69, 9.17) is 0 Å². The number of nitrogens with one attached hydrogen (secondary N) is 2. The zero-order valence-corrected chi connectivity index (χ0v) is 23.1. The van der Waals surface area contributed by atoms with E-state index in [1.165, 1.54) is 24.9 Å². The monoisotopic (exact) mass is 497 g/mol. The molecule has 5 nitrogen and oxygen atoms in total. The molecule has 2 aromatic rings. The fraction of sp³-hybridized carbons (Fsp3) is 0.344. The number of piperidine rings is 1. The molecule has 1 aliphatic rings. The van der Waals surface area contributed by atoms with E-state index in [-0.39, 0.29) is 0 Å². The second-order valence-electron chi connectivity index (χ2n) is 9.31. The molecule has 2 heterocycles. The zero-order valence-electron chi connectivity index (χ0n) is 23.1. The predicted molar refractivity (Wildman–Crippen MR) is 163 cm³/mol. The Labute approximate surface area is 224 Å². The van der Waals surface area contributed by atoms with E-state index in [0.717, 1.165) is 65.4 Å². The van der Waals surface area contributed by atoms with Gasteiger partial charge in [0.2, 0.25) is 0 Å². The summed E-state index contributed by atoms with van der Waals surface area (Å²) in [7, 11) is 6.11. The van der Waals surface area contributed by atoms with Crippen molar-refractivity contribution in [2.24, 2.45) is 0 Å². The first kappa shape index (κ1) is 29.5. The third kappa shape index (κ3) is 8.70. The highest BCUT2D eigenvalue weighted by Crippen LogP contribution is 2.33. The lowest BCUT2D eigenvalue weighted by Crippen LogP contribution is -2.29. The molecule has 0 aliphatic carbocycles. The second kappa shape index (κ2) is 15.4. The molecule has 0 bridgehead atoms. The average Bonchev–Trinajstić information content (AvgIpc) is 2.95. The minimum absolute atomic E-state index is 0.782. The van der Waals surface area contributed by atoms with E-state index in [0.29, 0.717) is 0 Å². The van der Waals surface area contributed by atoms with Crippen molar-refractivity contribution in [3.8, 4) is 24.0 Å². The van der Waals surface area contributed by atoms with Crippen molar-refractivity contribution in [3.63, 3.8) is 0 Å². The van der Waals surface area contributed by atoms with Gasteiger partial charge in [-0.1, -0.05) is 31.4 Å². The van der Waals surface area contributed by atoms with Gasteiger partial charge in [-0.3, -0.25) is 4.98 Å². The van der Waals surface area contributed by atoms with Crippen molar-refractivity contribution < 1.29 is 0 Å². The van der Waals surface area contributed by atoms with Crippen molar-refractivity contribution >= 4 is 16.9 Å². The lowest BCUT2D eigenvalue weighted by atomic mass is 9.97. The Hall–Kier alpha value is -3.75. The van der Waals surface area contributed by atoms with Gasteiger partial charge < -0.3 is 20.4 Å². The fourth-order valence-corrected chi connectivity index (χ4v) is 4.27. The normalized spacial score (nSPS) is 13.7. The van der Waals surface area contributed by atoms with Crippen LogP contribution in [0.5, 0.6) is 0 Å². The molecular formula is C32H43N5. The molecule has 37 heavy (non-hydrogen) atoms. The first-order chi connectivity index (χ1) is 17.9. The number of nitrogens with zero attached hydrogens (tertiary/aromatic N) is 3. The molecule has 1 aromatic heterocycles. The lowest BCUT2D eigenvalue weighted by Gasteiger charge is -2.28. The molecule has 0 saturated carbocycles. The summed E-state index contributed by atoms with van der Waals surface area (Å²) in [6.07, 6.45) is 23.1. The molecule has 5 heteroatoms. The topological polar surface area (TPSA) is 43.4 Å². The summed E-state index contributed by atoms with van der Waals surface area (Å²) in [6, 6.07) is 8.68. The van der Waals surface area contributed by atoms with Crippen LogP contribution in [0.1, 0.15) is 38.2 Å². The second-order valence-corrected chi connectivity index (χ2v) is 9.31. The van der Waals surface area contributed by atoms with Gasteiger partial charge in [-0.05, 0) is 82.1 Å². The van der Waals surface area contributed by atoms with Gasteiger partial charge in [-0.15, -0.1) is 12.8 Å². The molecule has 0 amide bonds. The summed E-state index contributed by atoms with van der Waals surface area (Å²) in [5, 5.41) is 6.74. The number of anilines is 2. The number of rotatable bonds is 11. The fourth-order valence-electron chi connectivity index (χ4n) is 4.27. The zero-order chi connectivity index (χ0) is 27.2. The Balaban J connectivity index is 0.00000235. The molecule has 0 atom stereocenters. The Morgan fingerprint density at radius 1 is 1.08 bits per heavy atom. The van der Waals surface area contributed by atoms with Gasteiger partial charge >= 0.3 is 0 Å². The quantitative estimate of drug-likeness (QED) is 0.272. The SMILES string of the molecule is C#C.C=C(NC(/C=C\CCN(C)C)=C/C)C(=C)c1cc(-c2cncc(N3CCCCC3)c2)ccc1NC. The van der Waals surface area contributed by atoms with Crippen molar-refractivity contribution in [2.75, 3.05) is 51.0 Å². The average molecular weight is 498 g/mol. The number of terminal acetylenes is 1. The number of aromatic nitrogens is 1. The first-order valence-corrected chi connectivity index (χ1v) is 12.9. The number of hydrogen-bond acceptors (Lipinski definition) is 5. The predicted octanol–water partition coefficient (Wildman–Crippen LogP) is 6.56. The third-order valence-electron chi connectivity index (χ3n) is 6.40. The van der Waals surface area contributed by atoms with E-state index in [1.54, 1.807) is 0 Å². The molecule has 196 valence electrons. The molecule has 1 saturated heterocycles. The third-order valence-corrected chi connectivity index (χ3v) is 6.40. The van der Waals surface area contributed by atoms with Crippen LogP contribution in [0.4, 0.5) is 11.4 Å². The molecule has 0 spiro atoms. The molecule has 2 N–H and O–H groups in total. The van der Waals surface area contributed by atoms with E-state index in [1.807, 2.05) is 26.4 Å². The van der Waals surface area contributed by atoms with Crippen molar-refractivity contribution in [2.45, 2.75) is 32.6 Å². The Morgan fingerprint density at radius 3 is 2.46 bits per heavy atom. The van der Waals surface area contributed by atoms with Gasteiger partial charge in [0.15, 0.2) is 0 Å². The van der Waals surface area contributed by atoms with Crippen LogP contribution >= 0.6 is 0 Å². The minimum atomic E-state index is 0.782. The molecular weight excluding hydrogens is 454 g/mol. The summed E-state index contributed by atoms with van der Waals surface area (Å²) in [5.74, 6) is 0. The number of benzene rings is 1. The Kier molecular flexibility index (Phi) is 12.3. The maximum absolute atomic E-state index is 4.56. The van der Waals surface area contributed by atoms with Crippen LogP contribution in [0.15, 0.2) is 79.4 Å². The van der Waals surface area contributed by atoms with Gasteiger partial charge in [0.1, 0.15) is 0 Å². The standard InChI is InChI=1S/C30H41N5.C2H2/c1-7-27(13-9-12-16-34(5)6)33-24(3)23(2)29-20-25(14-15-30(29)31-4)26-19-28(22-32-21-26)35-17-10-8-11-18-35;1-2/h7,9,13-15,19-22,31,33H,2-3,8,10-12,16-18H2,1,4-6H3;1-2H/b13-9-,27-7+;. The first-order valence-electron chi connectivity index (χ1n) is 12.9. The van der Waals surface area contributed by atoms with Crippen molar-refractivity contribution in [1.82, 2.24) is 15.2 Å². The molecule has 0 radical (unpaired) electrons. The van der Waals surface area contributed by atoms with Crippen LogP contribution in [-0.2, 0) is 0 Å². The van der Waals surface area contributed by atoms with Gasteiger partial charge in [0, 0.05) is 61.1 Å². The van der Waals surface area contributed by atoms with Crippen LogP contribution in [-0.4, -0.2) is 50.7 Å². The van der Waals surface area contributed by atoms with Gasteiger partial charge in [-0.2, -0.15) is 0 Å². The van der Waals surface area contributed by atoms with Crippen LogP contribution in [0, 0.1) is 12.8 Å². The smallest absolute Gasteiger partial charge is 0.0558 e. The van der Waals surface area contributed by atoms with Gasteiger partial charge in [0.25, 0.3) is 0 Å². The number of hydrogen-bond donors (Lipinski definition) is 2. The largest absolute Gasteiger partial charge is 0.388 e. The molecule has 1 aromatic carbocycles. The number of allylic oxidation sites excluding steroid dienone is 3. The lowest BCUT2D eigenvalue weighted by molar-refractivity contribution is 0.417. The van der Waals surface area contributed by atoms with Gasteiger partial charge in [0.05, 0.1) is 11.9 Å². The van der Waals surface area contributed by atoms with Gasteiger partial charge in [-0.25, -0.2) is 0 Å². The van der Waals surface area contributed by atoms with Crippen LogP contribution in [0.25, 0.3) is 16.7 Å². The van der Waals surface area contributed by atoms with Crippen LogP contribution in [0.2, 0.25) is 0 Å². The highest BCUT2D eigenvalue weighted by atomic mass is 15.1. The van der Waals surface area contributed by atoms with E-state index >= 15 is 0 Å². The summed E-state index contributed by atoms with van der Waals surface area (Å²) in [4.78, 5) is 9.18. The maximum Gasteiger partial charge on any atom is 0.0558 e. The van der Waals surface area contributed by atoms with Crippen molar-refractivity contribution in [3.05, 3.63) is 85.0 Å². The van der Waals surface area contributed by atoms with Crippen molar-refractivity contribution in [1.29, 1.82) is 0 Å². The minimum Gasteiger partial charge on any atom is -0.388 e. The molecule has 1 aliphatic heterocycles. The van der Waals surface area contributed by atoms with E-state index in [2.05, 4.69) is 108 Å². The summed E-state index contributed by atoms with van der Waals surface area (Å²) < 4.78 is 0. The molecule has 0 unspecified atom stereocenters. The Morgan fingerprint density at radius 2 is 1.81 bits per heavy atom. The van der Waals surface area contributed by atoms with E-state index < -0.39 is 0 Å².